The molecule has 1 aromatic rings. The van der Waals surface area contributed by atoms with E-state index in [1.807, 2.05) is 11.0 Å². The summed E-state index contributed by atoms with van der Waals surface area (Å²) in [6.07, 6.45) is 1.67. The third kappa shape index (κ3) is 2.91. The maximum atomic E-state index is 10.7. The second-order valence-corrected chi connectivity index (χ2v) is 4.87. The molecule has 0 aromatic carbocycles. The van der Waals surface area contributed by atoms with Gasteiger partial charge in [0.15, 0.2) is 5.82 Å². The smallest absolute Gasteiger partial charge is 0.350 e. The van der Waals surface area contributed by atoms with Gasteiger partial charge in [0, 0.05) is 41.8 Å². The molecule has 18 heavy (non-hydrogen) atoms. The molecule has 1 N–H and O–H groups in total. The number of nitro groups is 1. The van der Waals surface area contributed by atoms with Crippen LogP contribution in [-0.2, 0) is 6.54 Å². The lowest BCUT2D eigenvalue weighted by molar-refractivity contribution is -0.411. The molecular weight excluding hydrogens is 323 g/mol. The minimum absolute atomic E-state index is 0.0538. The number of hydrogen-bond acceptors (Lipinski definition) is 5. The topological polar surface area (TPSA) is 71.3 Å². The molecule has 1 aliphatic rings. The van der Waals surface area contributed by atoms with Crippen molar-refractivity contribution >= 4 is 27.5 Å². The summed E-state index contributed by atoms with van der Waals surface area (Å²) in [6, 6.07) is 3.55. The first kappa shape index (κ1) is 13.1. The van der Waals surface area contributed by atoms with Gasteiger partial charge < -0.3 is 10.2 Å². The molecule has 1 saturated heterocycles. The molecule has 0 spiro atoms. The van der Waals surface area contributed by atoms with Crippen molar-refractivity contribution in [2.24, 2.45) is 0 Å². The molecular formula is C10H10BrClN4O2. The quantitative estimate of drug-likeness (QED) is 0.396. The summed E-state index contributed by atoms with van der Waals surface area (Å²) in [6.45, 7) is 1.94. The molecule has 0 aliphatic carbocycles. The Kier molecular flexibility index (Phi) is 4.03. The molecule has 1 aliphatic heterocycles. The van der Waals surface area contributed by atoms with E-state index in [-0.39, 0.29) is 4.61 Å². The average Bonchev–Trinajstić information content (AvgIpc) is 2.79. The number of nitrogens with zero attached hydrogens (tertiary/aromatic N) is 3. The molecule has 6 nitrogen and oxygen atoms in total. The van der Waals surface area contributed by atoms with Crippen molar-refractivity contribution in [3.8, 4) is 0 Å². The standard InChI is InChI=1S/C10H10BrClN4O2/c11-9(16(17)18)10-13-3-4-15(10)6-7-1-2-8(12)14-5-7/h1-2,5,13H,3-4,6H2/b10-9+. The zero-order chi connectivity index (χ0) is 13.1. The fourth-order valence-corrected chi connectivity index (χ4v) is 2.20. The van der Waals surface area contributed by atoms with Crippen LogP contribution >= 0.6 is 27.5 Å². The van der Waals surface area contributed by atoms with Crippen LogP contribution in [0.15, 0.2) is 28.8 Å². The molecule has 0 unspecified atom stereocenters. The van der Waals surface area contributed by atoms with Gasteiger partial charge in [-0.05, 0) is 11.6 Å². The van der Waals surface area contributed by atoms with Gasteiger partial charge in [-0.1, -0.05) is 17.7 Å². The predicted molar refractivity (Wildman–Crippen MR) is 70.6 cm³/mol. The fourth-order valence-electron chi connectivity index (χ4n) is 1.70. The third-order valence-corrected chi connectivity index (χ3v) is 3.40. The summed E-state index contributed by atoms with van der Waals surface area (Å²) >= 11 is 8.68. The van der Waals surface area contributed by atoms with Crippen molar-refractivity contribution in [1.82, 2.24) is 15.2 Å². The van der Waals surface area contributed by atoms with E-state index in [4.69, 9.17) is 11.6 Å². The maximum absolute atomic E-state index is 10.7. The number of aromatic nitrogens is 1. The highest BCUT2D eigenvalue weighted by Gasteiger charge is 2.25. The highest BCUT2D eigenvalue weighted by Crippen LogP contribution is 2.20. The zero-order valence-corrected chi connectivity index (χ0v) is 11.6. The van der Waals surface area contributed by atoms with Crippen LogP contribution in [-0.4, -0.2) is 27.9 Å². The Morgan fingerprint density at radius 1 is 1.67 bits per heavy atom. The molecule has 2 heterocycles. The molecule has 8 heteroatoms. The normalized spacial score (nSPS) is 17.6. The number of nitrogens with one attached hydrogen (secondary N) is 1. The van der Waals surface area contributed by atoms with Gasteiger partial charge in [-0.2, -0.15) is 0 Å². The lowest BCUT2D eigenvalue weighted by Crippen LogP contribution is -2.22. The second kappa shape index (κ2) is 5.53. The third-order valence-electron chi connectivity index (χ3n) is 2.51. The van der Waals surface area contributed by atoms with Gasteiger partial charge in [-0.25, -0.2) is 4.98 Å². The predicted octanol–water partition coefficient (Wildman–Crippen LogP) is 1.94. The number of hydrogen-bond donors (Lipinski definition) is 1. The summed E-state index contributed by atoms with van der Waals surface area (Å²) in [4.78, 5) is 16.1. The van der Waals surface area contributed by atoms with Crippen LogP contribution in [0.25, 0.3) is 0 Å². The van der Waals surface area contributed by atoms with Gasteiger partial charge in [0.2, 0.25) is 0 Å². The highest BCUT2D eigenvalue weighted by atomic mass is 79.9. The molecule has 96 valence electrons. The number of rotatable bonds is 3. The highest BCUT2D eigenvalue weighted by molar-refractivity contribution is 9.11. The summed E-state index contributed by atoms with van der Waals surface area (Å²) < 4.78 is -0.0538. The lowest BCUT2D eigenvalue weighted by atomic mass is 10.2. The molecule has 0 atom stereocenters. The molecule has 0 bridgehead atoms. The van der Waals surface area contributed by atoms with Crippen LogP contribution in [0, 0.1) is 10.1 Å². The first-order chi connectivity index (χ1) is 8.58. The van der Waals surface area contributed by atoms with Crippen LogP contribution in [0.5, 0.6) is 0 Å². The fraction of sp³-hybridized carbons (Fsp3) is 0.300. The van der Waals surface area contributed by atoms with E-state index in [1.54, 1.807) is 12.3 Å². The summed E-state index contributed by atoms with van der Waals surface area (Å²) in [5, 5.41) is 14.2. The molecule has 1 aromatic heterocycles. The van der Waals surface area contributed by atoms with Crippen molar-refractivity contribution in [2.45, 2.75) is 6.54 Å². The Bertz CT molecular complexity index is 491. The molecule has 1 fully saturated rings. The largest absolute Gasteiger partial charge is 0.364 e. The molecule has 0 saturated carbocycles. The SMILES string of the molecule is O=[N+]([O-])/C(Br)=C1\NCCN1Cc1ccc(Cl)nc1. The maximum Gasteiger partial charge on any atom is 0.350 e. The van der Waals surface area contributed by atoms with Crippen molar-refractivity contribution in [2.75, 3.05) is 13.1 Å². The summed E-state index contributed by atoms with van der Waals surface area (Å²) in [5.74, 6) is 0.495. The minimum Gasteiger partial charge on any atom is -0.364 e. The summed E-state index contributed by atoms with van der Waals surface area (Å²) in [7, 11) is 0. The van der Waals surface area contributed by atoms with Gasteiger partial charge in [0.05, 0.1) is 4.92 Å². The summed E-state index contributed by atoms with van der Waals surface area (Å²) in [5.41, 5.74) is 0.948. The van der Waals surface area contributed by atoms with E-state index in [1.165, 1.54) is 0 Å². The first-order valence-corrected chi connectivity index (χ1v) is 6.38. The number of pyridine rings is 1. The van der Waals surface area contributed by atoms with Crippen molar-refractivity contribution < 1.29 is 4.92 Å². The van der Waals surface area contributed by atoms with Crippen LogP contribution in [0.1, 0.15) is 5.56 Å². The van der Waals surface area contributed by atoms with E-state index in [0.717, 1.165) is 5.56 Å². The van der Waals surface area contributed by atoms with Gasteiger partial charge in [-0.15, -0.1) is 0 Å². The monoisotopic (exact) mass is 332 g/mol. The van der Waals surface area contributed by atoms with Crippen molar-refractivity contribution in [1.29, 1.82) is 0 Å². The average molecular weight is 334 g/mol. The Balaban J connectivity index is 2.16. The van der Waals surface area contributed by atoms with E-state index >= 15 is 0 Å². The zero-order valence-electron chi connectivity index (χ0n) is 9.27. The first-order valence-electron chi connectivity index (χ1n) is 5.21. The van der Waals surface area contributed by atoms with Crippen LogP contribution in [0.4, 0.5) is 0 Å². The van der Waals surface area contributed by atoms with Crippen LogP contribution in [0.3, 0.4) is 0 Å². The lowest BCUT2D eigenvalue weighted by Gasteiger charge is -2.17. The number of halogens is 2. The molecule has 0 amide bonds. The Morgan fingerprint density at radius 2 is 2.44 bits per heavy atom. The van der Waals surface area contributed by atoms with E-state index in [0.29, 0.717) is 30.6 Å². The Hall–Kier alpha value is -1.34. The van der Waals surface area contributed by atoms with Gasteiger partial charge in [-0.3, -0.25) is 10.1 Å². The van der Waals surface area contributed by atoms with E-state index in [2.05, 4.69) is 26.2 Å². The second-order valence-electron chi connectivity index (χ2n) is 3.73. The van der Waals surface area contributed by atoms with Crippen molar-refractivity contribution in [3.63, 3.8) is 0 Å². The molecule has 2 rings (SSSR count). The Morgan fingerprint density at radius 3 is 3.06 bits per heavy atom. The van der Waals surface area contributed by atoms with Crippen LogP contribution in [0.2, 0.25) is 5.15 Å². The van der Waals surface area contributed by atoms with E-state index < -0.39 is 4.92 Å². The van der Waals surface area contributed by atoms with Crippen molar-refractivity contribution in [3.05, 3.63) is 49.6 Å². The van der Waals surface area contributed by atoms with Gasteiger partial charge in [0.1, 0.15) is 5.15 Å². The Labute approximate surface area is 117 Å². The van der Waals surface area contributed by atoms with E-state index in [9.17, 15) is 10.1 Å². The molecule has 0 radical (unpaired) electrons. The minimum atomic E-state index is -0.458. The van der Waals surface area contributed by atoms with Crippen LogP contribution < -0.4 is 5.32 Å². The van der Waals surface area contributed by atoms with Gasteiger partial charge >= 0.3 is 4.61 Å². The van der Waals surface area contributed by atoms with Gasteiger partial charge in [0.25, 0.3) is 0 Å².